The lowest BCUT2D eigenvalue weighted by Gasteiger charge is -2.44. The van der Waals surface area contributed by atoms with Gasteiger partial charge in [-0.05, 0) is 66.6 Å². The monoisotopic (exact) mass is 630 g/mol. The van der Waals surface area contributed by atoms with Crippen molar-refractivity contribution in [1.82, 2.24) is 19.6 Å². The Morgan fingerprint density at radius 3 is 1.70 bits per heavy atom. The summed E-state index contributed by atoms with van der Waals surface area (Å²) in [7, 11) is 6.30. The largest absolute Gasteiger partial charge is 0.463 e. The summed E-state index contributed by atoms with van der Waals surface area (Å²) in [5.41, 5.74) is 0. The van der Waals surface area contributed by atoms with Crippen LogP contribution in [0.1, 0.15) is 47.0 Å². The maximum atomic E-state index is 12.0. The summed E-state index contributed by atoms with van der Waals surface area (Å²) in [6, 6.07) is 0. The summed E-state index contributed by atoms with van der Waals surface area (Å²) in [6.07, 6.45) is -2.88. The molecule has 0 aromatic carbocycles. The average molecular weight is 631 g/mol. The second kappa shape index (κ2) is 19.9. The van der Waals surface area contributed by atoms with Crippen LogP contribution in [0.15, 0.2) is 0 Å². The van der Waals surface area contributed by atoms with Crippen LogP contribution in [-0.4, -0.2) is 167 Å². The van der Waals surface area contributed by atoms with E-state index < -0.39 is 54.6 Å². The van der Waals surface area contributed by atoms with E-state index in [-0.39, 0.29) is 13.2 Å². The first-order chi connectivity index (χ1) is 20.8. The SMILES string of the molecule is CC(=O)OCC1OC(OCCCN(C)CCCN2CCN(CCCN(C)C)CC2)C(OC(C)=O)C(OC(C)=O)C1OC(C)=O. The number of hydrogen-bond donors (Lipinski definition) is 0. The minimum Gasteiger partial charge on any atom is -0.463 e. The Hall–Kier alpha value is -2.36. The van der Waals surface area contributed by atoms with Crippen molar-refractivity contribution in [3.05, 3.63) is 0 Å². The maximum Gasteiger partial charge on any atom is 0.303 e. The average Bonchev–Trinajstić information content (AvgIpc) is 2.93. The molecule has 44 heavy (non-hydrogen) atoms. The number of carbonyl (C=O) groups is 4. The Morgan fingerprint density at radius 1 is 0.682 bits per heavy atom. The lowest BCUT2D eigenvalue weighted by Crippen LogP contribution is -2.63. The van der Waals surface area contributed by atoms with Gasteiger partial charge in [-0.1, -0.05) is 0 Å². The van der Waals surface area contributed by atoms with Crippen molar-refractivity contribution in [2.75, 3.05) is 93.3 Å². The highest BCUT2D eigenvalue weighted by Crippen LogP contribution is 2.30. The normalized spacial score (nSPS) is 24.7. The highest BCUT2D eigenvalue weighted by Gasteiger charge is 2.52. The Morgan fingerprint density at radius 2 is 1.18 bits per heavy atom. The lowest BCUT2D eigenvalue weighted by atomic mass is 9.98. The Bertz CT molecular complexity index is 899. The van der Waals surface area contributed by atoms with Crippen molar-refractivity contribution >= 4 is 23.9 Å². The molecule has 14 heteroatoms. The van der Waals surface area contributed by atoms with E-state index in [1.807, 2.05) is 0 Å². The van der Waals surface area contributed by atoms with Gasteiger partial charge in [-0.3, -0.25) is 19.2 Å². The van der Waals surface area contributed by atoms with Crippen molar-refractivity contribution in [1.29, 1.82) is 0 Å². The molecule has 2 rings (SSSR count). The van der Waals surface area contributed by atoms with Crippen LogP contribution in [0.4, 0.5) is 0 Å². The zero-order valence-electron chi connectivity index (χ0n) is 27.7. The quantitative estimate of drug-likeness (QED) is 0.117. The van der Waals surface area contributed by atoms with Gasteiger partial charge in [0.05, 0.1) is 6.61 Å². The second-order valence-corrected chi connectivity index (χ2v) is 11.8. The van der Waals surface area contributed by atoms with Crippen molar-refractivity contribution < 1.29 is 47.6 Å². The molecular formula is C30H54N4O10. The summed E-state index contributed by atoms with van der Waals surface area (Å²) in [5, 5.41) is 0. The first kappa shape index (κ1) is 37.8. The van der Waals surface area contributed by atoms with Gasteiger partial charge in [-0.15, -0.1) is 0 Å². The van der Waals surface area contributed by atoms with E-state index in [1.54, 1.807) is 0 Å². The van der Waals surface area contributed by atoms with Crippen LogP contribution in [0.2, 0.25) is 0 Å². The fourth-order valence-corrected chi connectivity index (χ4v) is 5.38. The molecule has 0 N–H and O–H groups in total. The first-order valence-corrected chi connectivity index (χ1v) is 15.6. The predicted octanol–water partition coefficient (Wildman–Crippen LogP) is 0.367. The Kier molecular flexibility index (Phi) is 17.1. The number of esters is 4. The third kappa shape index (κ3) is 14.6. The van der Waals surface area contributed by atoms with E-state index in [0.717, 1.165) is 65.3 Å². The minimum atomic E-state index is -1.23. The molecule has 2 aliphatic rings. The van der Waals surface area contributed by atoms with E-state index in [2.05, 4.69) is 40.7 Å². The standard InChI is InChI=1S/C30H54N4O10/c1-22(35)40-21-26-27(41-23(2)36)28(42-24(3)37)29(43-25(4)38)30(44-26)39-20-10-13-32(7)12-9-15-34-18-16-33(17-19-34)14-8-11-31(5)6/h26-30H,8-21H2,1-7H3. The molecule has 0 aromatic heterocycles. The summed E-state index contributed by atoms with van der Waals surface area (Å²) in [4.78, 5) is 56.8. The number of ether oxygens (including phenoxy) is 6. The molecule has 2 saturated heterocycles. The van der Waals surface area contributed by atoms with Gasteiger partial charge in [0.25, 0.3) is 0 Å². The topological polar surface area (TPSA) is 137 Å². The van der Waals surface area contributed by atoms with Crippen LogP contribution in [0.25, 0.3) is 0 Å². The molecule has 2 aliphatic heterocycles. The van der Waals surface area contributed by atoms with Gasteiger partial charge in [0.1, 0.15) is 12.7 Å². The van der Waals surface area contributed by atoms with Crippen molar-refractivity contribution in [2.45, 2.75) is 77.7 Å². The molecule has 0 amide bonds. The molecular weight excluding hydrogens is 576 g/mol. The van der Waals surface area contributed by atoms with Crippen LogP contribution >= 0.6 is 0 Å². The molecule has 5 unspecified atom stereocenters. The second-order valence-electron chi connectivity index (χ2n) is 11.8. The van der Waals surface area contributed by atoms with Crippen LogP contribution in [0, 0.1) is 0 Å². The number of nitrogens with zero attached hydrogens (tertiary/aromatic N) is 4. The van der Waals surface area contributed by atoms with Crippen molar-refractivity contribution in [3.8, 4) is 0 Å². The number of piperazine rings is 1. The fraction of sp³-hybridized carbons (Fsp3) is 0.867. The molecule has 14 nitrogen and oxygen atoms in total. The zero-order valence-corrected chi connectivity index (χ0v) is 27.7. The van der Waals surface area contributed by atoms with Gasteiger partial charge in [-0.2, -0.15) is 0 Å². The smallest absolute Gasteiger partial charge is 0.303 e. The first-order valence-electron chi connectivity index (χ1n) is 15.6. The Balaban J connectivity index is 1.84. The van der Waals surface area contributed by atoms with Crippen molar-refractivity contribution in [2.24, 2.45) is 0 Å². The summed E-state index contributed by atoms with van der Waals surface area (Å²) < 4.78 is 33.3. The highest BCUT2D eigenvalue weighted by molar-refractivity contribution is 5.68. The minimum absolute atomic E-state index is 0.258. The molecule has 0 spiro atoms. The third-order valence-electron chi connectivity index (χ3n) is 7.47. The molecule has 2 heterocycles. The molecule has 0 radical (unpaired) electrons. The van der Waals surface area contributed by atoms with E-state index in [4.69, 9.17) is 28.4 Å². The zero-order chi connectivity index (χ0) is 32.6. The maximum absolute atomic E-state index is 12.0. The van der Waals surface area contributed by atoms with Crippen LogP contribution < -0.4 is 0 Å². The molecule has 254 valence electrons. The van der Waals surface area contributed by atoms with Crippen molar-refractivity contribution in [3.63, 3.8) is 0 Å². The van der Waals surface area contributed by atoms with Gasteiger partial charge < -0.3 is 48.0 Å². The molecule has 0 bridgehead atoms. The van der Waals surface area contributed by atoms with E-state index in [1.165, 1.54) is 34.1 Å². The molecule has 2 fully saturated rings. The molecule has 0 aliphatic carbocycles. The predicted molar refractivity (Wildman–Crippen MR) is 161 cm³/mol. The number of hydrogen-bond acceptors (Lipinski definition) is 14. The van der Waals surface area contributed by atoms with E-state index in [9.17, 15) is 19.2 Å². The Labute approximate surface area is 262 Å². The molecule has 5 atom stereocenters. The van der Waals surface area contributed by atoms with Gasteiger partial charge in [-0.25, -0.2) is 0 Å². The van der Waals surface area contributed by atoms with Gasteiger partial charge >= 0.3 is 23.9 Å². The third-order valence-corrected chi connectivity index (χ3v) is 7.47. The fourth-order valence-electron chi connectivity index (χ4n) is 5.38. The molecule has 0 saturated carbocycles. The van der Waals surface area contributed by atoms with Crippen LogP contribution in [0.3, 0.4) is 0 Å². The number of carbonyl (C=O) groups excluding carboxylic acids is 4. The van der Waals surface area contributed by atoms with Gasteiger partial charge in [0, 0.05) is 60.4 Å². The summed E-state index contributed by atoms with van der Waals surface area (Å²) in [5.74, 6) is -2.58. The number of rotatable bonds is 18. The summed E-state index contributed by atoms with van der Waals surface area (Å²) >= 11 is 0. The van der Waals surface area contributed by atoms with Gasteiger partial charge in [0.2, 0.25) is 0 Å². The van der Waals surface area contributed by atoms with Crippen LogP contribution in [0.5, 0.6) is 0 Å². The van der Waals surface area contributed by atoms with Gasteiger partial charge in [0.15, 0.2) is 24.6 Å². The summed E-state index contributed by atoms with van der Waals surface area (Å²) in [6.45, 7) is 14.3. The molecule has 0 aromatic rings. The lowest BCUT2D eigenvalue weighted by molar-refractivity contribution is -0.308. The highest BCUT2D eigenvalue weighted by atomic mass is 16.7. The van der Waals surface area contributed by atoms with E-state index >= 15 is 0 Å². The van der Waals surface area contributed by atoms with Crippen LogP contribution in [-0.2, 0) is 47.6 Å². The van der Waals surface area contributed by atoms with E-state index in [0.29, 0.717) is 6.42 Å².